The summed E-state index contributed by atoms with van der Waals surface area (Å²) in [6, 6.07) is 14.9. The third-order valence-corrected chi connectivity index (χ3v) is 5.61. The lowest BCUT2D eigenvalue weighted by Crippen LogP contribution is -2.13. The van der Waals surface area contributed by atoms with Crippen LogP contribution in [0.1, 0.15) is 12.6 Å². The number of aromatic nitrogens is 2. The maximum atomic E-state index is 12.5. The Bertz CT molecular complexity index is 1070. The number of aryl methyl sites for hydroxylation is 1. The standard InChI is InChI=1S/C19H20ClN5O2S/c1-3-21-18-12-13(2)22-19(24-18)23-14-8-10-15(11-9-14)25-28(26,27)17-7-5-4-6-16(17)20/h4-12,25H,3H2,1-2H3,(H2,21,22,23,24). The Morgan fingerprint density at radius 2 is 1.68 bits per heavy atom. The summed E-state index contributed by atoms with van der Waals surface area (Å²) < 4.78 is 27.5. The fourth-order valence-electron chi connectivity index (χ4n) is 2.52. The number of hydrogen-bond acceptors (Lipinski definition) is 6. The number of hydrogen-bond donors (Lipinski definition) is 3. The van der Waals surface area contributed by atoms with Crippen molar-refractivity contribution in [3.05, 3.63) is 65.3 Å². The summed E-state index contributed by atoms with van der Waals surface area (Å²) in [5.74, 6) is 1.20. The molecule has 28 heavy (non-hydrogen) atoms. The van der Waals surface area contributed by atoms with Gasteiger partial charge < -0.3 is 10.6 Å². The van der Waals surface area contributed by atoms with Crippen LogP contribution in [0.25, 0.3) is 0 Å². The van der Waals surface area contributed by atoms with Gasteiger partial charge in [0, 0.05) is 29.7 Å². The number of anilines is 4. The van der Waals surface area contributed by atoms with E-state index in [1.54, 1.807) is 36.4 Å². The fourth-order valence-corrected chi connectivity index (χ4v) is 4.10. The second-order valence-corrected chi connectivity index (χ2v) is 8.04. The lowest BCUT2D eigenvalue weighted by atomic mass is 10.3. The average molecular weight is 418 g/mol. The summed E-state index contributed by atoms with van der Waals surface area (Å²) in [6.07, 6.45) is 0. The Morgan fingerprint density at radius 1 is 1.00 bits per heavy atom. The van der Waals surface area contributed by atoms with Gasteiger partial charge in [-0.05, 0) is 50.2 Å². The molecule has 0 amide bonds. The van der Waals surface area contributed by atoms with Crippen molar-refractivity contribution in [2.45, 2.75) is 18.7 Å². The van der Waals surface area contributed by atoms with Crippen LogP contribution in [-0.2, 0) is 10.0 Å². The van der Waals surface area contributed by atoms with Crippen LogP contribution in [0.3, 0.4) is 0 Å². The van der Waals surface area contributed by atoms with E-state index in [2.05, 4.69) is 25.3 Å². The SMILES string of the molecule is CCNc1cc(C)nc(Nc2ccc(NS(=O)(=O)c3ccccc3Cl)cc2)n1. The molecule has 0 aliphatic rings. The summed E-state index contributed by atoms with van der Waals surface area (Å²) in [5.41, 5.74) is 1.98. The third-order valence-electron chi connectivity index (χ3n) is 3.73. The van der Waals surface area contributed by atoms with Gasteiger partial charge in [0.05, 0.1) is 5.02 Å². The summed E-state index contributed by atoms with van der Waals surface area (Å²) >= 11 is 5.99. The highest BCUT2D eigenvalue weighted by atomic mass is 35.5. The first-order valence-corrected chi connectivity index (χ1v) is 10.5. The molecular formula is C19H20ClN5O2S. The van der Waals surface area contributed by atoms with E-state index in [-0.39, 0.29) is 9.92 Å². The molecule has 3 aromatic rings. The van der Waals surface area contributed by atoms with Gasteiger partial charge in [0.15, 0.2) is 0 Å². The number of sulfonamides is 1. The molecule has 1 aromatic heterocycles. The highest BCUT2D eigenvalue weighted by Gasteiger charge is 2.17. The van der Waals surface area contributed by atoms with E-state index >= 15 is 0 Å². The fraction of sp³-hybridized carbons (Fsp3) is 0.158. The molecule has 0 bridgehead atoms. The van der Waals surface area contributed by atoms with Crippen molar-refractivity contribution in [2.24, 2.45) is 0 Å². The maximum Gasteiger partial charge on any atom is 0.263 e. The van der Waals surface area contributed by atoms with Crippen LogP contribution in [-0.4, -0.2) is 24.9 Å². The molecular weight excluding hydrogens is 398 g/mol. The zero-order valence-electron chi connectivity index (χ0n) is 15.4. The minimum atomic E-state index is -3.77. The molecule has 9 heteroatoms. The summed E-state index contributed by atoms with van der Waals surface area (Å²) in [6.45, 7) is 4.64. The lowest BCUT2D eigenvalue weighted by Gasteiger charge is -2.11. The molecule has 0 saturated carbocycles. The minimum Gasteiger partial charge on any atom is -0.370 e. The van der Waals surface area contributed by atoms with Crippen molar-refractivity contribution in [1.29, 1.82) is 0 Å². The van der Waals surface area contributed by atoms with Gasteiger partial charge in [0.2, 0.25) is 5.95 Å². The first kappa shape index (κ1) is 19.9. The molecule has 0 fully saturated rings. The minimum absolute atomic E-state index is 0.0305. The Hall–Kier alpha value is -2.84. The maximum absolute atomic E-state index is 12.5. The molecule has 3 rings (SSSR count). The van der Waals surface area contributed by atoms with Gasteiger partial charge >= 0.3 is 0 Å². The molecule has 146 valence electrons. The number of benzene rings is 2. The van der Waals surface area contributed by atoms with Crippen LogP contribution in [0.15, 0.2) is 59.5 Å². The van der Waals surface area contributed by atoms with Gasteiger partial charge in [-0.2, -0.15) is 4.98 Å². The summed E-state index contributed by atoms with van der Waals surface area (Å²) in [4.78, 5) is 8.78. The second-order valence-electron chi connectivity index (χ2n) is 5.99. The Morgan fingerprint density at radius 3 is 2.36 bits per heavy atom. The highest BCUT2D eigenvalue weighted by Crippen LogP contribution is 2.24. The molecule has 0 atom stereocenters. The highest BCUT2D eigenvalue weighted by molar-refractivity contribution is 7.92. The quantitative estimate of drug-likeness (QED) is 0.526. The van der Waals surface area contributed by atoms with Gasteiger partial charge in [-0.25, -0.2) is 13.4 Å². The molecule has 3 N–H and O–H groups in total. The van der Waals surface area contributed by atoms with Crippen LogP contribution in [0.4, 0.5) is 23.1 Å². The largest absolute Gasteiger partial charge is 0.370 e. The molecule has 0 spiro atoms. The van der Waals surface area contributed by atoms with Crippen LogP contribution in [0, 0.1) is 6.92 Å². The average Bonchev–Trinajstić information content (AvgIpc) is 2.63. The zero-order chi connectivity index (χ0) is 20.1. The predicted octanol–water partition coefficient (Wildman–Crippen LogP) is 4.41. The predicted molar refractivity (Wildman–Crippen MR) is 113 cm³/mol. The number of halogens is 1. The lowest BCUT2D eigenvalue weighted by molar-refractivity contribution is 0.601. The van der Waals surface area contributed by atoms with Crippen molar-refractivity contribution in [1.82, 2.24) is 9.97 Å². The van der Waals surface area contributed by atoms with Gasteiger partial charge in [-0.15, -0.1) is 0 Å². The second kappa shape index (κ2) is 8.45. The van der Waals surface area contributed by atoms with Crippen LogP contribution >= 0.6 is 11.6 Å². The van der Waals surface area contributed by atoms with E-state index in [1.807, 2.05) is 19.9 Å². The Balaban J connectivity index is 1.75. The third kappa shape index (κ3) is 4.90. The Kier molecular flexibility index (Phi) is 6.01. The Labute approximate surface area is 169 Å². The zero-order valence-corrected chi connectivity index (χ0v) is 17.0. The van der Waals surface area contributed by atoms with E-state index in [0.29, 0.717) is 11.6 Å². The molecule has 0 aliphatic heterocycles. The molecule has 2 aromatic carbocycles. The first-order valence-electron chi connectivity index (χ1n) is 8.61. The van der Waals surface area contributed by atoms with Crippen LogP contribution in [0.5, 0.6) is 0 Å². The monoisotopic (exact) mass is 417 g/mol. The van der Waals surface area contributed by atoms with E-state index < -0.39 is 10.0 Å². The molecule has 0 saturated heterocycles. The molecule has 0 radical (unpaired) electrons. The van der Waals surface area contributed by atoms with Crippen LogP contribution < -0.4 is 15.4 Å². The smallest absolute Gasteiger partial charge is 0.263 e. The molecule has 1 heterocycles. The van der Waals surface area contributed by atoms with E-state index in [0.717, 1.165) is 23.7 Å². The van der Waals surface area contributed by atoms with Crippen molar-refractivity contribution >= 4 is 44.8 Å². The topological polar surface area (TPSA) is 96.0 Å². The first-order chi connectivity index (χ1) is 13.4. The van der Waals surface area contributed by atoms with E-state index in [1.165, 1.54) is 12.1 Å². The van der Waals surface area contributed by atoms with E-state index in [4.69, 9.17) is 11.6 Å². The summed E-state index contributed by atoms with van der Waals surface area (Å²) in [7, 11) is -3.77. The van der Waals surface area contributed by atoms with Crippen molar-refractivity contribution < 1.29 is 8.42 Å². The van der Waals surface area contributed by atoms with Gasteiger partial charge in [-0.3, -0.25) is 4.72 Å². The van der Waals surface area contributed by atoms with Gasteiger partial charge in [0.25, 0.3) is 10.0 Å². The van der Waals surface area contributed by atoms with Gasteiger partial charge in [0.1, 0.15) is 10.7 Å². The van der Waals surface area contributed by atoms with Crippen molar-refractivity contribution in [3.8, 4) is 0 Å². The summed E-state index contributed by atoms with van der Waals surface area (Å²) in [5, 5.41) is 6.43. The number of rotatable bonds is 7. The molecule has 0 aliphatic carbocycles. The van der Waals surface area contributed by atoms with Crippen molar-refractivity contribution in [3.63, 3.8) is 0 Å². The van der Waals surface area contributed by atoms with Crippen LogP contribution in [0.2, 0.25) is 5.02 Å². The molecule has 0 unspecified atom stereocenters. The number of nitrogens with zero attached hydrogens (tertiary/aromatic N) is 2. The van der Waals surface area contributed by atoms with Gasteiger partial charge in [-0.1, -0.05) is 23.7 Å². The van der Waals surface area contributed by atoms with Crippen molar-refractivity contribution in [2.75, 3.05) is 21.9 Å². The normalized spacial score (nSPS) is 11.1. The van der Waals surface area contributed by atoms with E-state index in [9.17, 15) is 8.42 Å². The molecule has 7 nitrogen and oxygen atoms in total. The number of nitrogens with one attached hydrogen (secondary N) is 3.